The van der Waals surface area contributed by atoms with Gasteiger partial charge in [-0.15, -0.1) is 0 Å². The summed E-state index contributed by atoms with van der Waals surface area (Å²) in [5.41, 5.74) is 0.481. The average molecular weight is 505 g/mol. The second-order valence-electron chi connectivity index (χ2n) is 10.9. The fraction of sp³-hybridized carbons (Fsp3) is 0.481. The fourth-order valence-corrected chi connectivity index (χ4v) is 5.11. The molecule has 9 heteroatoms. The zero-order valence-corrected chi connectivity index (χ0v) is 21.1. The Morgan fingerprint density at radius 3 is 2.22 bits per heavy atom. The number of halogens is 3. The van der Waals surface area contributed by atoms with E-state index in [1.165, 1.54) is 13.2 Å². The lowest BCUT2D eigenvalue weighted by Gasteiger charge is -2.29. The molecule has 0 aromatic heterocycles. The molecule has 0 bridgehead atoms. The van der Waals surface area contributed by atoms with Crippen molar-refractivity contribution >= 4 is 17.7 Å². The van der Waals surface area contributed by atoms with Crippen molar-refractivity contribution in [1.82, 2.24) is 4.90 Å². The number of benzene rings is 2. The van der Waals surface area contributed by atoms with Crippen LogP contribution in [0.15, 0.2) is 42.5 Å². The molecule has 0 radical (unpaired) electrons. The number of ether oxygens (including phenoxy) is 2. The third-order valence-corrected chi connectivity index (χ3v) is 6.90. The monoisotopic (exact) mass is 504 g/mol. The maximum absolute atomic E-state index is 13.6. The molecule has 2 fully saturated rings. The van der Waals surface area contributed by atoms with E-state index >= 15 is 0 Å². The van der Waals surface area contributed by atoms with Gasteiger partial charge in [0.25, 0.3) is 0 Å². The number of hydrogen-bond acceptors (Lipinski definition) is 5. The van der Waals surface area contributed by atoms with Gasteiger partial charge in [-0.3, -0.25) is 0 Å². The second kappa shape index (κ2) is 9.01. The lowest BCUT2D eigenvalue weighted by molar-refractivity contribution is -0.137. The summed E-state index contributed by atoms with van der Waals surface area (Å²) in [6, 6.07) is 10.1. The fourth-order valence-electron chi connectivity index (χ4n) is 5.11. The molecule has 36 heavy (non-hydrogen) atoms. The number of esters is 1. The molecule has 2 saturated heterocycles. The summed E-state index contributed by atoms with van der Waals surface area (Å²) in [4.78, 5) is 28.2. The molecule has 2 aliphatic heterocycles. The van der Waals surface area contributed by atoms with Gasteiger partial charge in [-0.1, -0.05) is 19.1 Å². The highest BCUT2D eigenvalue weighted by atomic mass is 19.4. The van der Waals surface area contributed by atoms with Crippen molar-refractivity contribution < 1.29 is 32.2 Å². The van der Waals surface area contributed by atoms with Gasteiger partial charge in [0, 0.05) is 48.8 Å². The summed E-state index contributed by atoms with van der Waals surface area (Å²) in [6.07, 6.45) is -4.83. The molecular weight excluding hydrogens is 473 g/mol. The molecular formula is C27H31F3N2O4. The normalized spacial score (nSPS) is 21.9. The third kappa shape index (κ3) is 5.15. The van der Waals surface area contributed by atoms with E-state index in [9.17, 15) is 22.8 Å². The summed E-state index contributed by atoms with van der Waals surface area (Å²) < 4.78 is 51.0. The molecule has 0 saturated carbocycles. The number of fused-ring (bicyclic) bond motifs is 1. The van der Waals surface area contributed by atoms with Gasteiger partial charge in [0.05, 0.1) is 18.2 Å². The van der Waals surface area contributed by atoms with E-state index in [0.717, 1.165) is 12.1 Å². The predicted octanol–water partition coefficient (Wildman–Crippen LogP) is 5.85. The number of carbonyl (C=O) groups is 2. The van der Waals surface area contributed by atoms with Crippen LogP contribution in [-0.4, -0.2) is 55.9 Å². The van der Waals surface area contributed by atoms with Crippen LogP contribution in [0.1, 0.15) is 43.6 Å². The minimum atomic E-state index is -4.49. The van der Waals surface area contributed by atoms with Crippen LogP contribution in [0.5, 0.6) is 0 Å². The minimum absolute atomic E-state index is 0.155. The zero-order chi connectivity index (χ0) is 26.5. The predicted molar refractivity (Wildman–Crippen MR) is 130 cm³/mol. The van der Waals surface area contributed by atoms with E-state index in [-0.39, 0.29) is 17.4 Å². The van der Waals surface area contributed by atoms with Gasteiger partial charge in [0.15, 0.2) is 0 Å². The van der Waals surface area contributed by atoms with E-state index in [1.807, 2.05) is 20.8 Å². The number of likely N-dealkylation sites (tertiary alicyclic amines) is 1. The SMILES string of the molecule is COC(=O)c1ccc(-c2cc(C(F)(F)F)ccc2N2C[C@H]3CN(C(=O)OC(C)(C)C)C[C@@]3(C)C2)cc1. The van der Waals surface area contributed by atoms with Crippen LogP contribution < -0.4 is 4.90 Å². The average Bonchev–Trinajstić information content (AvgIpc) is 3.28. The number of nitrogens with zero attached hydrogens (tertiary/aromatic N) is 2. The first-order valence-electron chi connectivity index (χ1n) is 11.8. The smallest absolute Gasteiger partial charge is 0.416 e. The van der Waals surface area contributed by atoms with Crippen molar-refractivity contribution in [3.05, 3.63) is 53.6 Å². The van der Waals surface area contributed by atoms with Gasteiger partial charge in [-0.2, -0.15) is 13.2 Å². The van der Waals surface area contributed by atoms with Crippen LogP contribution >= 0.6 is 0 Å². The van der Waals surface area contributed by atoms with Crippen molar-refractivity contribution in [2.45, 2.75) is 39.5 Å². The van der Waals surface area contributed by atoms with Crippen LogP contribution in [0.3, 0.4) is 0 Å². The number of alkyl halides is 3. The Hall–Kier alpha value is -3.23. The first-order chi connectivity index (χ1) is 16.7. The van der Waals surface area contributed by atoms with E-state index < -0.39 is 23.3 Å². The standard InChI is InChI=1S/C27H31F3N2O4/c1-25(2,3)36-24(34)32-14-20-13-31(15-26(20,4)16-32)22-11-10-19(27(28,29)30)12-21(22)17-6-8-18(9-7-17)23(33)35-5/h6-12,20H,13-16H2,1-5H3/t20-,26+/m0/s1. The van der Waals surface area contributed by atoms with E-state index in [1.54, 1.807) is 29.2 Å². The Labute approximate surface area is 209 Å². The molecule has 194 valence electrons. The molecule has 0 N–H and O–H groups in total. The molecule has 0 spiro atoms. The highest BCUT2D eigenvalue weighted by Crippen LogP contribution is 2.46. The van der Waals surface area contributed by atoms with Gasteiger partial charge in [-0.25, -0.2) is 9.59 Å². The van der Waals surface area contributed by atoms with E-state index in [0.29, 0.717) is 48.6 Å². The highest BCUT2D eigenvalue weighted by molar-refractivity contribution is 5.90. The van der Waals surface area contributed by atoms with Crippen LogP contribution in [0.25, 0.3) is 11.1 Å². The Morgan fingerprint density at radius 2 is 1.67 bits per heavy atom. The Balaban J connectivity index is 1.62. The Bertz CT molecular complexity index is 1160. The van der Waals surface area contributed by atoms with Gasteiger partial charge in [-0.05, 0) is 56.7 Å². The maximum atomic E-state index is 13.6. The van der Waals surface area contributed by atoms with Crippen LogP contribution in [0.2, 0.25) is 0 Å². The summed E-state index contributed by atoms with van der Waals surface area (Å²) >= 11 is 0. The van der Waals surface area contributed by atoms with Crippen molar-refractivity contribution in [2.24, 2.45) is 11.3 Å². The van der Waals surface area contributed by atoms with Crippen molar-refractivity contribution in [3.8, 4) is 11.1 Å². The zero-order valence-electron chi connectivity index (χ0n) is 21.1. The Morgan fingerprint density at radius 1 is 1.00 bits per heavy atom. The molecule has 2 atom stereocenters. The molecule has 0 aliphatic carbocycles. The van der Waals surface area contributed by atoms with Crippen molar-refractivity contribution in [1.29, 1.82) is 0 Å². The largest absolute Gasteiger partial charge is 0.465 e. The molecule has 1 amide bonds. The van der Waals surface area contributed by atoms with E-state index in [4.69, 9.17) is 9.47 Å². The Kier molecular flexibility index (Phi) is 6.47. The molecule has 4 rings (SSSR count). The maximum Gasteiger partial charge on any atom is 0.416 e. The number of methoxy groups -OCH3 is 1. The molecule has 6 nitrogen and oxygen atoms in total. The van der Waals surface area contributed by atoms with Crippen LogP contribution in [0, 0.1) is 11.3 Å². The molecule has 2 heterocycles. The lowest BCUT2D eigenvalue weighted by atomic mass is 9.83. The van der Waals surface area contributed by atoms with Gasteiger partial charge in [0.1, 0.15) is 5.60 Å². The molecule has 2 aromatic carbocycles. The number of hydrogen-bond donors (Lipinski definition) is 0. The first kappa shape index (κ1) is 25.9. The third-order valence-electron chi connectivity index (χ3n) is 6.90. The minimum Gasteiger partial charge on any atom is -0.465 e. The molecule has 0 unspecified atom stereocenters. The summed E-state index contributed by atoms with van der Waals surface area (Å²) in [5.74, 6) is -0.359. The number of anilines is 1. The second-order valence-corrected chi connectivity index (χ2v) is 10.9. The van der Waals surface area contributed by atoms with Gasteiger partial charge in [0.2, 0.25) is 0 Å². The highest BCUT2D eigenvalue weighted by Gasteiger charge is 2.51. The summed E-state index contributed by atoms with van der Waals surface area (Å²) in [5, 5.41) is 0. The van der Waals surface area contributed by atoms with Gasteiger partial charge >= 0.3 is 18.2 Å². The number of rotatable bonds is 3. The number of carbonyl (C=O) groups excluding carboxylic acids is 2. The summed E-state index contributed by atoms with van der Waals surface area (Å²) in [6.45, 7) is 9.85. The van der Waals surface area contributed by atoms with Gasteiger partial charge < -0.3 is 19.3 Å². The lowest BCUT2D eigenvalue weighted by Crippen LogP contribution is -2.39. The van der Waals surface area contributed by atoms with Crippen LogP contribution in [0.4, 0.5) is 23.7 Å². The van der Waals surface area contributed by atoms with Crippen LogP contribution in [-0.2, 0) is 15.7 Å². The quantitative estimate of drug-likeness (QED) is 0.491. The molecule has 2 aliphatic rings. The molecule has 2 aromatic rings. The summed E-state index contributed by atoms with van der Waals surface area (Å²) in [7, 11) is 1.27. The topological polar surface area (TPSA) is 59.1 Å². The first-order valence-corrected chi connectivity index (χ1v) is 11.8. The van der Waals surface area contributed by atoms with Crippen molar-refractivity contribution in [2.75, 3.05) is 38.2 Å². The number of amides is 1. The van der Waals surface area contributed by atoms with Crippen molar-refractivity contribution in [3.63, 3.8) is 0 Å². The van der Waals surface area contributed by atoms with E-state index in [2.05, 4.69) is 11.8 Å².